The van der Waals surface area contributed by atoms with Gasteiger partial charge in [-0.1, -0.05) is 0 Å². The van der Waals surface area contributed by atoms with E-state index in [2.05, 4.69) is 10.4 Å². The fourth-order valence-corrected chi connectivity index (χ4v) is 3.13. The molecule has 1 fully saturated rings. The lowest BCUT2D eigenvalue weighted by atomic mass is 10.5. The van der Waals surface area contributed by atoms with Gasteiger partial charge in [-0.15, -0.1) is 0 Å². The molecule has 6 heteroatoms. The zero-order valence-corrected chi connectivity index (χ0v) is 11.8. The van der Waals surface area contributed by atoms with Crippen molar-refractivity contribution in [3.63, 3.8) is 0 Å². The second-order valence-electron chi connectivity index (χ2n) is 3.64. The lowest BCUT2D eigenvalue weighted by Crippen LogP contribution is -2.48. The van der Waals surface area contributed by atoms with E-state index in [-0.39, 0.29) is 15.4 Å². The molecule has 0 aromatic rings. The smallest absolute Gasteiger partial charge is 0.136 e. The Kier molecular flexibility index (Phi) is 8.00. The molecule has 1 rings (SSSR count). The van der Waals surface area contributed by atoms with Gasteiger partial charge in [0.05, 0.1) is 13.2 Å². The molecule has 0 spiro atoms. The molecule has 0 amide bonds. The van der Waals surface area contributed by atoms with Gasteiger partial charge in [0.1, 0.15) is 15.4 Å². The Morgan fingerprint density at radius 3 is 2.44 bits per heavy atom. The Morgan fingerprint density at radius 2 is 1.88 bits per heavy atom. The molecule has 1 aliphatic heterocycles. The number of hydrogen-bond donors (Lipinski definition) is 1. The summed E-state index contributed by atoms with van der Waals surface area (Å²) in [6.07, 6.45) is 1.02. The highest BCUT2D eigenvalue weighted by Crippen LogP contribution is 1.94. The van der Waals surface area contributed by atoms with E-state index < -0.39 is 0 Å². The molecule has 0 aromatic heterocycles. The average molecular weight is 248 g/mol. The van der Waals surface area contributed by atoms with Crippen LogP contribution >= 0.6 is 0 Å². The van der Waals surface area contributed by atoms with Crippen LogP contribution in [0.5, 0.6) is 0 Å². The van der Waals surface area contributed by atoms with E-state index in [4.69, 9.17) is 14.2 Å². The average Bonchev–Trinajstić information content (AvgIpc) is 2.31. The van der Waals surface area contributed by atoms with Crippen LogP contribution in [0.25, 0.3) is 0 Å². The zero-order valence-electron chi connectivity index (χ0n) is 10.4. The SMILES string of the molecule is CCOC(OCC)[SiH2]CNN1CCOCC1. The predicted molar refractivity (Wildman–Crippen MR) is 66.0 cm³/mol. The molecule has 0 atom stereocenters. The van der Waals surface area contributed by atoms with Crippen molar-refractivity contribution in [1.29, 1.82) is 0 Å². The molecule has 0 aromatic carbocycles. The summed E-state index contributed by atoms with van der Waals surface area (Å²) in [5.74, 6) is 0.0588. The van der Waals surface area contributed by atoms with E-state index in [1.54, 1.807) is 0 Å². The molecule has 1 aliphatic rings. The van der Waals surface area contributed by atoms with E-state index in [9.17, 15) is 0 Å². The number of hydrogen-bond acceptors (Lipinski definition) is 5. The van der Waals surface area contributed by atoms with Crippen molar-refractivity contribution in [1.82, 2.24) is 10.4 Å². The summed E-state index contributed by atoms with van der Waals surface area (Å²) in [4.78, 5) is 0. The Labute approximate surface area is 100 Å². The molecular weight excluding hydrogens is 224 g/mol. The molecular formula is C10H24N2O3Si. The van der Waals surface area contributed by atoms with Crippen LogP contribution in [0.2, 0.25) is 0 Å². The first-order valence-corrected chi connectivity index (χ1v) is 7.97. The van der Waals surface area contributed by atoms with Gasteiger partial charge < -0.3 is 14.2 Å². The Hall–Kier alpha value is 0.0169. The number of ether oxygens (including phenoxy) is 3. The van der Waals surface area contributed by atoms with Crippen molar-refractivity contribution >= 4 is 9.52 Å². The van der Waals surface area contributed by atoms with Crippen molar-refractivity contribution in [3.8, 4) is 0 Å². The van der Waals surface area contributed by atoms with Crippen molar-refractivity contribution in [3.05, 3.63) is 0 Å². The van der Waals surface area contributed by atoms with Gasteiger partial charge in [0, 0.05) is 32.5 Å². The maximum absolute atomic E-state index is 5.53. The number of rotatable bonds is 8. The number of hydrazine groups is 1. The number of nitrogens with zero attached hydrogens (tertiary/aromatic N) is 1. The van der Waals surface area contributed by atoms with E-state index in [0.29, 0.717) is 0 Å². The number of morpholine rings is 1. The maximum Gasteiger partial charge on any atom is 0.136 e. The van der Waals surface area contributed by atoms with Crippen LogP contribution < -0.4 is 5.43 Å². The summed E-state index contributed by atoms with van der Waals surface area (Å²) in [6.45, 7) is 9.09. The van der Waals surface area contributed by atoms with Gasteiger partial charge in [0.25, 0.3) is 0 Å². The molecule has 16 heavy (non-hydrogen) atoms. The minimum Gasteiger partial charge on any atom is -0.379 e. The molecule has 96 valence electrons. The van der Waals surface area contributed by atoms with Crippen LogP contribution in [0.4, 0.5) is 0 Å². The third kappa shape index (κ3) is 5.93. The van der Waals surface area contributed by atoms with E-state index >= 15 is 0 Å². The van der Waals surface area contributed by atoms with Gasteiger partial charge >= 0.3 is 0 Å². The molecule has 1 saturated heterocycles. The summed E-state index contributed by atoms with van der Waals surface area (Å²) >= 11 is 0. The molecule has 1 N–H and O–H groups in total. The third-order valence-corrected chi connectivity index (χ3v) is 3.89. The standard InChI is InChI=1S/C10H24N2O3Si/c1-3-14-10(15-4-2)16-9-11-12-5-7-13-8-6-12/h10-11H,3-9,16H2,1-2H3. The van der Waals surface area contributed by atoms with Gasteiger partial charge in [-0.05, 0) is 13.8 Å². The summed E-state index contributed by atoms with van der Waals surface area (Å²) < 4.78 is 16.3. The van der Waals surface area contributed by atoms with Gasteiger partial charge in [-0.25, -0.2) is 5.01 Å². The summed E-state index contributed by atoms with van der Waals surface area (Å²) in [7, 11) is -0.380. The fraction of sp³-hybridized carbons (Fsp3) is 1.00. The van der Waals surface area contributed by atoms with Crippen molar-refractivity contribution in [2.75, 3.05) is 45.7 Å². The van der Waals surface area contributed by atoms with Crippen LogP contribution in [-0.2, 0) is 14.2 Å². The molecule has 0 aliphatic carbocycles. The predicted octanol–water partition coefficient (Wildman–Crippen LogP) is -0.694. The van der Waals surface area contributed by atoms with Gasteiger partial charge in [-0.3, -0.25) is 5.43 Å². The first kappa shape index (κ1) is 14.1. The Bertz CT molecular complexity index is 162. The second-order valence-corrected chi connectivity index (χ2v) is 5.38. The summed E-state index contributed by atoms with van der Waals surface area (Å²) in [6, 6.07) is 0. The molecule has 1 heterocycles. The van der Waals surface area contributed by atoms with Crippen molar-refractivity contribution < 1.29 is 14.2 Å². The normalized spacial score (nSPS) is 18.9. The first-order valence-electron chi connectivity index (χ1n) is 6.16. The zero-order chi connectivity index (χ0) is 11.6. The quantitative estimate of drug-likeness (QED) is 0.455. The highest BCUT2D eigenvalue weighted by atomic mass is 28.2. The van der Waals surface area contributed by atoms with E-state index in [0.717, 1.165) is 45.7 Å². The lowest BCUT2D eigenvalue weighted by molar-refractivity contribution is -0.0832. The highest BCUT2D eigenvalue weighted by Gasteiger charge is 2.12. The van der Waals surface area contributed by atoms with Crippen LogP contribution in [-0.4, -0.2) is 66.1 Å². The largest absolute Gasteiger partial charge is 0.379 e. The first-order chi connectivity index (χ1) is 7.86. The highest BCUT2D eigenvalue weighted by molar-refractivity contribution is 6.36. The van der Waals surface area contributed by atoms with Gasteiger partial charge in [0.15, 0.2) is 0 Å². The van der Waals surface area contributed by atoms with Crippen LogP contribution in [0.3, 0.4) is 0 Å². The minimum absolute atomic E-state index is 0.0588. The molecule has 5 nitrogen and oxygen atoms in total. The summed E-state index contributed by atoms with van der Waals surface area (Å²) in [5.41, 5.74) is 3.42. The van der Waals surface area contributed by atoms with Crippen molar-refractivity contribution in [2.45, 2.75) is 19.8 Å². The molecule has 0 bridgehead atoms. The lowest BCUT2D eigenvalue weighted by Gasteiger charge is -2.27. The van der Waals surface area contributed by atoms with Gasteiger partial charge in [0.2, 0.25) is 0 Å². The molecule has 0 unspecified atom stereocenters. The van der Waals surface area contributed by atoms with E-state index in [1.165, 1.54) is 0 Å². The maximum atomic E-state index is 5.53. The topological polar surface area (TPSA) is 43.0 Å². The summed E-state index contributed by atoms with van der Waals surface area (Å²) in [5, 5.41) is 2.23. The third-order valence-electron chi connectivity index (χ3n) is 2.43. The molecule has 0 saturated carbocycles. The Morgan fingerprint density at radius 1 is 1.25 bits per heavy atom. The van der Waals surface area contributed by atoms with Gasteiger partial charge in [-0.2, -0.15) is 0 Å². The second kappa shape index (κ2) is 9.09. The molecule has 0 radical (unpaired) electrons. The van der Waals surface area contributed by atoms with Crippen LogP contribution in [0.15, 0.2) is 0 Å². The minimum atomic E-state index is -0.380. The van der Waals surface area contributed by atoms with Crippen LogP contribution in [0, 0.1) is 0 Å². The monoisotopic (exact) mass is 248 g/mol. The number of nitrogens with one attached hydrogen (secondary N) is 1. The fourth-order valence-electron chi connectivity index (χ4n) is 1.65. The Balaban J connectivity index is 2.06. The van der Waals surface area contributed by atoms with Crippen molar-refractivity contribution in [2.24, 2.45) is 0 Å². The van der Waals surface area contributed by atoms with E-state index in [1.807, 2.05) is 13.8 Å². The van der Waals surface area contributed by atoms with Crippen LogP contribution in [0.1, 0.15) is 13.8 Å².